The summed E-state index contributed by atoms with van der Waals surface area (Å²) in [5, 5.41) is 60.0. The van der Waals surface area contributed by atoms with Gasteiger partial charge in [0.2, 0.25) is 23.2 Å². The largest absolute Gasteiger partial charge is 0.508 e. The van der Waals surface area contributed by atoms with Gasteiger partial charge < -0.3 is 49.3 Å². The molecular formula is C22H22O11. The van der Waals surface area contributed by atoms with Gasteiger partial charge in [0.15, 0.2) is 17.1 Å². The standard InChI is InChI=1S/C22H22O11/c1-8-14(26)16(28)17(29)22(31-8)33-21-15(27)13-11(24)7-12(25)19(30-2)20(13)32-18(21)9-3-5-10(23)6-4-9/h3-8,14,16-17,22-26,28-29H,1-2H3/t8-,14-,16+,17+,22-/m0/s1. The fraction of sp³-hybridized carbons (Fsp3) is 0.318. The summed E-state index contributed by atoms with van der Waals surface area (Å²) in [5.74, 6) is -2.06. The van der Waals surface area contributed by atoms with Crippen LogP contribution >= 0.6 is 0 Å². The predicted molar refractivity (Wildman–Crippen MR) is 112 cm³/mol. The van der Waals surface area contributed by atoms with E-state index < -0.39 is 53.4 Å². The highest BCUT2D eigenvalue weighted by molar-refractivity contribution is 5.93. The highest BCUT2D eigenvalue weighted by Crippen LogP contribution is 2.43. The minimum absolute atomic E-state index is 0.0609. The number of phenolic OH excluding ortho intramolecular Hbond substituents is 3. The van der Waals surface area contributed by atoms with Gasteiger partial charge in [-0.15, -0.1) is 0 Å². The first-order valence-electron chi connectivity index (χ1n) is 9.89. The lowest BCUT2D eigenvalue weighted by atomic mass is 10.00. The first-order chi connectivity index (χ1) is 15.6. The molecule has 1 fully saturated rings. The van der Waals surface area contributed by atoms with Crippen LogP contribution in [0.2, 0.25) is 0 Å². The summed E-state index contributed by atoms with van der Waals surface area (Å²) < 4.78 is 22.0. The van der Waals surface area contributed by atoms with E-state index in [4.69, 9.17) is 18.6 Å². The molecule has 0 amide bonds. The van der Waals surface area contributed by atoms with Gasteiger partial charge in [-0.3, -0.25) is 4.79 Å². The van der Waals surface area contributed by atoms with Crippen LogP contribution < -0.4 is 14.9 Å². The van der Waals surface area contributed by atoms with Crippen molar-refractivity contribution in [2.45, 2.75) is 37.6 Å². The van der Waals surface area contributed by atoms with Gasteiger partial charge in [0.1, 0.15) is 35.2 Å². The van der Waals surface area contributed by atoms with Crippen LogP contribution in [0.1, 0.15) is 6.92 Å². The zero-order valence-corrected chi connectivity index (χ0v) is 17.5. The molecule has 33 heavy (non-hydrogen) atoms. The second kappa shape index (κ2) is 8.45. The SMILES string of the molecule is COc1c(O)cc(O)c2c(=O)c(O[C@@H]3O[C@@H](C)[C@H](O)[C@@H](O)[C@H]3O)c(-c3ccc(O)cc3)oc12. The molecule has 176 valence electrons. The van der Waals surface area contributed by atoms with Crippen molar-refractivity contribution in [2.75, 3.05) is 7.11 Å². The molecule has 1 aromatic heterocycles. The highest BCUT2D eigenvalue weighted by atomic mass is 16.7. The van der Waals surface area contributed by atoms with Gasteiger partial charge in [-0.1, -0.05) is 0 Å². The molecule has 0 saturated carbocycles. The van der Waals surface area contributed by atoms with Gasteiger partial charge in [0, 0.05) is 11.6 Å². The molecule has 11 heteroatoms. The lowest BCUT2D eigenvalue weighted by Crippen LogP contribution is -2.58. The van der Waals surface area contributed by atoms with Gasteiger partial charge in [-0.25, -0.2) is 0 Å². The van der Waals surface area contributed by atoms with Gasteiger partial charge in [0.25, 0.3) is 0 Å². The van der Waals surface area contributed by atoms with Gasteiger partial charge in [-0.2, -0.15) is 0 Å². The molecule has 1 aliphatic heterocycles. The smallest absolute Gasteiger partial charge is 0.239 e. The molecule has 0 aliphatic carbocycles. The minimum atomic E-state index is -1.72. The Hall–Kier alpha value is -3.51. The molecule has 5 atom stereocenters. The normalized spacial score (nSPS) is 25.2. The molecule has 6 N–H and O–H groups in total. The molecular weight excluding hydrogens is 440 g/mol. The van der Waals surface area contributed by atoms with E-state index in [0.29, 0.717) is 0 Å². The summed E-state index contributed by atoms with van der Waals surface area (Å²) in [6.07, 6.45) is -7.24. The third-order valence-electron chi connectivity index (χ3n) is 5.42. The van der Waals surface area contributed by atoms with Gasteiger partial charge in [0.05, 0.1) is 13.2 Å². The number of fused-ring (bicyclic) bond motifs is 1. The lowest BCUT2D eigenvalue weighted by molar-refractivity contribution is -0.268. The third kappa shape index (κ3) is 3.80. The number of aliphatic hydroxyl groups excluding tert-OH is 3. The summed E-state index contributed by atoms with van der Waals surface area (Å²) in [5.41, 5.74) is -0.908. The Morgan fingerprint density at radius 1 is 0.909 bits per heavy atom. The van der Waals surface area contributed by atoms with Crippen LogP contribution in [0.3, 0.4) is 0 Å². The maximum atomic E-state index is 13.4. The molecule has 1 aliphatic rings. The van der Waals surface area contributed by atoms with E-state index in [1.165, 1.54) is 38.3 Å². The number of aromatic hydroxyl groups is 3. The quantitative estimate of drug-likeness (QED) is 0.323. The van der Waals surface area contributed by atoms with Crippen molar-refractivity contribution in [1.29, 1.82) is 0 Å². The average molecular weight is 462 g/mol. The first kappa shape index (κ1) is 22.7. The van der Waals surface area contributed by atoms with E-state index >= 15 is 0 Å². The topological polar surface area (TPSA) is 179 Å². The van der Waals surface area contributed by atoms with E-state index in [1.54, 1.807) is 0 Å². The number of rotatable bonds is 4. The minimum Gasteiger partial charge on any atom is -0.508 e. The number of benzene rings is 2. The van der Waals surface area contributed by atoms with E-state index in [0.717, 1.165) is 6.07 Å². The van der Waals surface area contributed by atoms with Gasteiger partial charge >= 0.3 is 0 Å². The maximum Gasteiger partial charge on any atom is 0.239 e. The molecule has 4 rings (SSSR count). The summed E-state index contributed by atoms with van der Waals surface area (Å²) in [6, 6.07) is 6.39. The van der Waals surface area contributed by atoms with Crippen molar-refractivity contribution in [3.05, 3.63) is 40.6 Å². The van der Waals surface area contributed by atoms with Gasteiger partial charge in [-0.05, 0) is 31.2 Å². The summed E-state index contributed by atoms with van der Waals surface area (Å²) in [7, 11) is 1.23. The van der Waals surface area contributed by atoms with Crippen LogP contribution in [0.5, 0.6) is 28.7 Å². The number of aliphatic hydroxyl groups is 3. The van der Waals surface area contributed by atoms with Crippen LogP contribution in [0.4, 0.5) is 0 Å². The number of phenols is 3. The van der Waals surface area contributed by atoms with Crippen molar-refractivity contribution in [2.24, 2.45) is 0 Å². The third-order valence-corrected chi connectivity index (χ3v) is 5.42. The zero-order valence-electron chi connectivity index (χ0n) is 17.5. The number of hydrogen-bond acceptors (Lipinski definition) is 11. The summed E-state index contributed by atoms with van der Waals surface area (Å²) in [4.78, 5) is 13.4. The van der Waals surface area contributed by atoms with E-state index in [9.17, 15) is 35.4 Å². The van der Waals surface area contributed by atoms with Crippen LogP contribution in [0.25, 0.3) is 22.3 Å². The van der Waals surface area contributed by atoms with Crippen LogP contribution in [-0.2, 0) is 4.74 Å². The first-order valence-corrected chi connectivity index (χ1v) is 9.89. The van der Waals surface area contributed by atoms with Crippen molar-refractivity contribution in [3.63, 3.8) is 0 Å². The lowest BCUT2D eigenvalue weighted by Gasteiger charge is -2.38. The molecule has 1 saturated heterocycles. The Morgan fingerprint density at radius 2 is 1.58 bits per heavy atom. The Morgan fingerprint density at radius 3 is 2.21 bits per heavy atom. The Balaban J connectivity index is 1.96. The Labute approximate surface area is 186 Å². The number of hydrogen-bond donors (Lipinski definition) is 6. The Bertz CT molecular complexity index is 1230. The van der Waals surface area contributed by atoms with E-state index in [2.05, 4.69) is 0 Å². The van der Waals surface area contributed by atoms with Crippen molar-refractivity contribution in [3.8, 4) is 40.1 Å². The van der Waals surface area contributed by atoms with Crippen molar-refractivity contribution in [1.82, 2.24) is 0 Å². The summed E-state index contributed by atoms with van der Waals surface area (Å²) >= 11 is 0. The molecule has 2 aromatic carbocycles. The zero-order chi connectivity index (χ0) is 24.0. The predicted octanol–water partition coefficient (Wildman–Crippen LogP) is 0.792. The van der Waals surface area contributed by atoms with E-state index in [1.807, 2.05) is 0 Å². The molecule has 0 unspecified atom stereocenters. The summed E-state index contributed by atoms with van der Waals surface area (Å²) in [6.45, 7) is 1.44. The van der Waals surface area contributed by atoms with Crippen LogP contribution in [0.15, 0.2) is 39.5 Å². The molecule has 0 radical (unpaired) electrons. The molecule has 0 bridgehead atoms. The molecule has 11 nitrogen and oxygen atoms in total. The maximum absolute atomic E-state index is 13.4. The van der Waals surface area contributed by atoms with Crippen LogP contribution in [0, 0.1) is 0 Å². The monoisotopic (exact) mass is 462 g/mol. The number of methoxy groups -OCH3 is 1. The van der Waals surface area contributed by atoms with Crippen molar-refractivity contribution >= 4 is 11.0 Å². The second-order valence-corrected chi connectivity index (χ2v) is 7.59. The molecule has 2 heterocycles. The second-order valence-electron chi connectivity index (χ2n) is 7.59. The fourth-order valence-corrected chi connectivity index (χ4v) is 3.63. The van der Waals surface area contributed by atoms with E-state index in [-0.39, 0.29) is 33.8 Å². The molecule has 0 spiro atoms. The molecule has 3 aromatic rings. The number of ether oxygens (including phenoxy) is 3. The Kier molecular flexibility index (Phi) is 5.80. The highest BCUT2D eigenvalue weighted by Gasteiger charge is 2.44. The van der Waals surface area contributed by atoms with Crippen molar-refractivity contribution < 1.29 is 49.3 Å². The van der Waals surface area contributed by atoms with Crippen LogP contribution in [-0.4, -0.2) is 68.5 Å². The average Bonchev–Trinajstić information content (AvgIpc) is 2.78. The fourth-order valence-electron chi connectivity index (χ4n) is 3.63.